The first-order valence-electron chi connectivity index (χ1n) is 15.8. The third kappa shape index (κ3) is 6.11. The van der Waals surface area contributed by atoms with Gasteiger partial charge in [-0.3, -0.25) is 4.55 Å². The summed E-state index contributed by atoms with van der Waals surface area (Å²) in [6, 6.07) is 18.2. The van der Waals surface area contributed by atoms with Gasteiger partial charge in [-0.2, -0.15) is 8.42 Å². The summed E-state index contributed by atoms with van der Waals surface area (Å²) in [5.74, 6) is 2.06. The van der Waals surface area contributed by atoms with Crippen LogP contribution in [0.25, 0.3) is 10.8 Å². The topological polar surface area (TPSA) is 63.6 Å². The van der Waals surface area contributed by atoms with E-state index in [-0.39, 0.29) is 0 Å². The summed E-state index contributed by atoms with van der Waals surface area (Å²) in [7, 11) is -4.53. The molecule has 0 aliphatic heterocycles. The Balaban J connectivity index is 1.49. The minimum Gasteiger partial charge on any atom is -0.467 e. The number of benzene rings is 3. The fraction of sp³-hybridized carbons (Fsp3) is 0.543. The Morgan fingerprint density at radius 3 is 1.65 bits per heavy atom. The molecule has 0 aromatic heterocycles. The van der Waals surface area contributed by atoms with Gasteiger partial charge in [0, 0.05) is 5.56 Å². The third-order valence-corrected chi connectivity index (χ3v) is 10.8. The average molecular weight is 561 g/mol. The van der Waals surface area contributed by atoms with Crippen molar-refractivity contribution in [2.75, 3.05) is 0 Å². The van der Waals surface area contributed by atoms with Crippen LogP contribution in [-0.2, 0) is 10.1 Å². The van der Waals surface area contributed by atoms with Crippen LogP contribution in [0.1, 0.15) is 142 Å². The minimum atomic E-state index is -4.53. The molecule has 3 aromatic rings. The maximum atomic E-state index is 13.0. The van der Waals surface area contributed by atoms with E-state index in [9.17, 15) is 13.0 Å². The molecule has 0 saturated heterocycles. The van der Waals surface area contributed by atoms with E-state index in [1.807, 2.05) is 36.4 Å². The summed E-state index contributed by atoms with van der Waals surface area (Å²) in [6.45, 7) is 0. The van der Waals surface area contributed by atoms with E-state index in [4.69, 9.17) is 4.74 Å². The maximum absolute atomic E-state index is 13.0. The van der Waals surface area contributed by atoms with Gasteiger partial charge in [0.1, 0.15) is 5.75 Å². The molecule has 1 atom stereocenters. The van der Waals surface area contributed by atoms with Crippen molar-refractivity contribution in [2.24, 2.45) is 0 Å². The van der Waals surface area contributed by atoms with E-state index < -0.39 is 15.6 Å². The smallest absolute Gasteiger partial charge is 0.307 e. The molecule has 3 fully saturated rings. The van der Waals surface area contributed by atoms with Gasteiger partial charge in [-0.1, -0.05) is 106 Å². The molecule has 0 heterocycles. The van der Waals surface area contributed by atoms with Crippen LogP contribution >= 0.6 is 0 Å². The Labute approximate surface area is 240 Å². The second kappa shape index (κ2) is 12.2. The predicted octanol–water partition coefficient (Wildman–Crippen LogP) is 9.95. The van der Waals surface area contributed by atoms with Crippen molar-refractivity contribution in [1.29, 1.82) is 0 Å². The van der Waals surface area contributed by atoms with Crippen LogP contribution in [0.4, 0.5) is 0 Å². The van der Waals surface area contributed by atoms with Gasteiger partial charge in [-0.05, 0) is 89.8 Å². The van der Waals surface area contributed by atoms with Gasteiger partial charge >= 0.3 is 10.1 Å². The van der Waals surface area contributed by atoms with Gasteiger partial charge in [0.05, 0.1) is 0 Å². The Morgan fingerprint density at radius 1 is 0.625 bits per heavy atom. The largest absolute Gasteiger partial charge is 0.467 e. The predicted molar refractivity (Wildman–Crippen MR) is 163 cm³/mol. The highest BCUT2D eigenvalue weighted by Crippen LogP contribution is 2.48. The van der Waals surface area contributed by atoms with Crippen molar-refractivity contribution in [2.45, 2.75) is 120 Å². The molecular formula is C35H44O4S. The van der Waals surface area contributed by atoms with E-state index in [1.54, 1.807) is 6.07 Å². The number of hydrogen-bond acceptors (Lipinski definition) is 3. The van der Waals surface area contributed by atoms with Crippen molar-refractivity contribution >= 4 is 20.9 Å². The molecule has 3 aromatic carbocycles. The van der Waals surface area contributed by atoms with Crippen LogP contribution in [0.2, 0.25) is 0 Å². The monoisotopic (exact) mass is 560 g/mol. The SMILES string of the molecule is O=S(=O)(O)C(Oc1c(C2CCCCC2)cc(C2CCCCC2)cc1C1CCCCC1)c1ccc2ccccc2c1. The molecule has 0 bridgehead atoms. The molecule has 1 unspecified atom stereocenters. The highest BCUT2D eigenvalue weighted by Gasteiger charge is 2.34. The van der Waals surface area contributed by atoms with Gasteiger partial charge in [0.15, 0.2) is 0 Å². The van der Waals surface area contributed by atoms with Crippen LogP contribution < -0.4 is 4.74 Å². The van der Waals surface area contributed by atoms with E-state index in [2.05, 4.69) is 12.1 Å². The van der Waals surface area contributed by atoms with Gasteiger partial charge in [0.2, 0.25) is 5.44 Å². The van der Waals surface area contributed by atoms with E-state index in [0.717, 1.165) is 42.2 Å². The highest BCUT2D eigenvalue weighted by atomic mass is 32.2. The second-order valence-corrected chi connectivity index (χ2v) is 14.1. The molecule has 3 aliphatic carbocycles. The number of fused-ring (bicyclic) bond motifs is 1. The Bertz CT molecular complexity index is 1370. The van der Waals surface area contributed by atoms with Crippen molar-refractivity contribution in [3.63, 3.8) is 0 Å². The Morgan fingerprint density at radius 2 is 1.12 bits per heavy atom. The van der Waals surface area contributed by atoms with Crippen LogP contribution in [-0.4, -0.2) is 13.0 Å². The van der Waals surface area contributed by atoms with Crippen molar-refractivity contribution in [3.8, 4) is 5.75 Å². The maximum Gasteiger partial charge on any atom is 0.307 e. The van der Waals surface area contributed by atoms with Crippen molar-refractivity contribution in [1.82, 2.24) is 0 Å². The molecule has 3 saturated carbocycles. The van der Waals surface area contributed by atoms with E-state index >= 15 is 0 Å². The number of hydrogen-bond donors (Lipinski definition) is 1. The first-order chi connectivity index (χ1) is 19.5. The number of rotatable bonds is 7. The lowest BCUT2D eigenvalue weighted by atomic mass is 9.75. The molecule has 0 radical (unpaired) electrons. The van der Waals surface area contributed by atoms with Crippen LogP contribution in [0, 0.1) is 0 Å². The minimum absolute atomic E-state index is 0.369. The third-order valence-electron chi connectivity index (χ3n) is 9.88. The molecule has 6 rings (SSSR count). The second-order valence-electron chi connectivity index (χ2n) is 12.6. The Hall–Kier alpha value is -2.37. The summed E-state index contributed by atoms with van der Waals surface area (Å²) in [4.78, 5) is 0. The molecule has 40 heavy (non-hydrogen) atoms. The molecule has 0 amide bonds. The zero-order valence-electron chi connectivity index (χ0n) is 23.7. The summed E-state index contributed by atoms with van der Waals surface area (Å²) in [6.07, 6.45) is 18.1. The molecule has 3 aliphatic rings. The lowest BCUT2D eigenvalue weighted by Gasteiger charge is -2.33. The van der Waals surface area contributed by atoms with Gasteiger partial charge in [0.25, 0.3) is 0 Å². The normalized spacial score (nSPS) is 20.9. The summed E-state index contributed by atoms with van der Waals surface area (Å²) in [5, 5.41) is 1.97. The van der Waals surface area contributed by atoms with Gasteiger partial charge in [-0.15, -0.1) is 0 Å². The molecule has 1 N–H and O–H groups in total. The molecular weight excluding hydrogens is 516 g/mol. The quantitative estimate of drug-likeness (QED) is 0.292. The highest BCUT2D eigenvalue weighted by molar-refractivity contribution is 7.85. The van der Waals surface area contributed by atoms with Crippen LogP contribution in [0.15, 0.2) is 54.6 Å². The first kappa shape index (κ1) is 27.8. The lowest BCUT2D eigenvalue weighted by molar-refractivity contribution is 0.250. The van der Waals surface area contributed by atoms with E-state index in [0.29, 0.717) is 23.3 Å². The first-order valence-corrected chi connectivity index (χ1v) is 17.3. The van der Waals surface area contributed by atoms with Crippen molar-refractivity contribution < 1.29 is 17.7 Å². The van der Waals surface area contributed by atoms with Crippen LogP contribution in [0.3, 0.4) is 0 Å². The summed E-state index contributed by atoms with van der Waals surface area (Å²) >= 11 is 0. The molecule has 0 spiro atoms. The zero-order valence-corrected chi connectivity index (χ0v) is 24.5. The Kier molecular flexibility index (Phi) is 8.50. The molecule has 4 nitrogen and oxygen atoms in total. The zero-order chi connectivity index (χ0) is 27.5. The van der Waals surface area contributed by atoms with Crippen molar-refractivity contribution in [3.05, 3.63) is 76.9 Å². The molecule has 5 heteroatoms. The summed E-state index contributed by atoms with van der Waals surface area (Å²) in [5.41, 5.74) is 2.84. The molecule has 214 valence electrons. The lowest BCUT2D eigenvalue weighted by Crippen LogP contribution is -2.22. The fourth-order valence-electron chi connectivity index (χ4n) is 7.70. The van der Waals surface area contributed by atoms with Gasteiger partial charge in [-0.25, -0.2) is 0 Å². The van der Waals surface area contributed by atoms with Crippen LogP contribution in [0.5, 0.6) is 5.75 Å². The van der Waals surface area contributed by atoms with E-state index in [1.165, 1.54) is 87.3 Å². The van der Waals surface area contributed by atoms with Gasteiger partial charge < -0.3 is 4.74 Å². The fourth-order valence-corrected chi connectivity index (χ4v) is 8.41. The number of ether oxygens (including phenoxy) is 1. The average Bonchev–Trinajstić information content (AvgIpc) is 3.00. The summed E-state index contributed by atoms with van der Waals surface area (Å²) < 4.78 is 43.2. The standard InChI is InChI=1S/C35H44O4S/c36-40(37,38)35(30-21-20-26-14-10-11-19-29(26)22-30)39-34-32(27-15-6-2-7-16-27)23-31(25-12-4-1-5-13-25)24-33(34)28-17-8-3-9-18-28/h10-11,14,19-25,27-28,35H,1-9,12-13,15-18H2,(H,36,37,38).